The number of hydrogen-bond donors (Lipinski definition) is 1. The summed E-state index contributed by atoms with van der Waals surface area (Å²) in [5.74, 6) is 0. The molecule has 0 bridgehead atoms. The summed E-state index contributed by atoms with van der Waals surface area (Å²) in [6.07, 6.45) is 1.99. The van der Waals surface area contributed by atoms with E-state index in [4.69, 9.17) is 5.73 Å². The first-order valence-corrected chi connectivity index (χ1v) is 8.03. The summed E-state index contributed by atoms with van der Waals surface area (Å²) in [5, 5.41) is 12.1. The highest BCUT2D eigenvalue weighted by molar-refractivity contribution is 8.01. The van der Waals surface area contributed by atoms with Crippen molar-refractivity contribution in [2.45, 2.75) is 15.9 Å². The smallest absolute Gasteiger partial charge is 0.208 e. The lowest BCUT2D eigenvalue weighted by molar-refractivity contribution is 0.921. The lowest BCUT2D eigenvalue weighted by Crippen LogP contribution is -2.07. The van der Waals surface area contributed by atoms with Crippen LogP contribution in [0.15, 0.2) is 20.9 Å². The van der Waals surface area contributed by atoms with Gasteiger partial charge in [0.05, 0.1) is 5.69 Å². The number of rotatable bonds is 4. The molecule has 0 fully saturated rings. The van der Waals surface area contributed by atoms with Crippen LogP contribution >= 0.6 is 34.4 Å². The van der Waals surface area contributed by atoms with Gasteiger partial charge in [-0.25, -0.2) is 4.98 Å². The van der Waals surface area contributed by atoms with Crippen LogP contribution in [0.25, 0.3) is 4.96 Å². The minimum Gasteiger partial charge on any atom is -0.353 e. The molecule has 0 spiro atoms. The first kappa shape index (κ1) is 12.9. The molecule has 3 aromatic heterocycles. The minimum atomic E-state index is 0.458. The maximum atomic E-state index is 5.82. The van der Waals surface area contributed by atoms with E-state index in [0.29, 0.717) is 6.54 Å². The van der Waals surface area contributed by atoms with Gasteiger partial charge in [0.15, 0.2) is 9.30 Å². The Morgan fingerprint density at radius 2 is 2.26 bits per heavy atom. The summed E-state index contributed by atoms with van der Waals surface area (Å²) in [6.45, 7) is 0.458. The molecule has 0 amide bonds. The Morgan fingerprint density at radius 3 is 2.95 bits per heavy atom. The highest BCUT2D eigenvalue weighted by atomic mass is 32.2. The Morgan fingerprint density at radius 1 is 1.42 bits per heavy atom. The Labute approximate surface area is 122 Å². The highest BCUT2D eigenvalue weighted by Crippen LogP contribution is 2.35. The van der Waals surface area contributed by atoms with Gasteiger partial charge in [0, 0.05) is 32.2 Å². The predicted molar refractivity (Wildman–Crippen MR) is 79.3 cm³/mol. The maximum absolute atomic E-state index is 5.82. The van der Waals surface area contributed by atoms with E-state index >= 15 is 0 Å². The van der Waals surface area contributed by atoms with Crippen LogP contribution in [0, 0.1) is 0 Å². The van der Waals surface area contributed by atoms with Crippen LogP contribution in [0.1, 0.15) is 5.69 Å². The molecule has 0 aliphatic carbocycles. The molecular weight excluding hydrogens is 300 g/mol. The fourth-order valence-corrected chi connectivity index (χ4v) is 4.19. The predicted octanol–water partition coefficient (Wildman–Crippen LogP) is 1.92. The van der Waals surface area contributed by atoms with E-state index in [9.17, 15) is 0 Å². The van der Waals surface area contributed by atoms with E-state index in [0.717, 1.165) is 25.2 Å². The number of thiazole rings is 1. The van der Waals surface area contributed by atoms with Crippen molar-refractivity contribution in [3.05, 3.63) is 17.3 Å². The number of aromatic nitrogens is 4. The third-order valence-electron chi connectivity index (χ3n) is 2.48. The molecule has 100 valence electrons. The Balaban J connectivity index is 1.93. The number of imidazole rings is 1. The van der Waals surface area contributed by atoms with Crippen molar-refractivity contribution in [3.63, 3.8) is 0 Å². The third kappa shape index (κ3) is 2.34. The van der Waals surface area contributed by atoms with Crippen molar-refractivity contribution in [1.82, 2.24) is 19.6 Å². The van der Waals surface area contributed by atoms with Gasteiger partial charge in [-0.3, -0.25) is 4.40 Å². The third-order valence-corrected chi connectivity index (χ3v) is 5.40. The Kier molecular flexibility index (Phi) is 3.44. The number of nitrogens with zero attached hydrogens (tertiary/aromatic N) is 5. The zero-order valence-corrected chi connectivity index (χ0v) is 12.8. The van der Waals surface area contributed by atoms with Crippen LogP contribution in [0.2, 0.25) is 0 Å². The van der Waals surface area contributed by atoms with E-state index in [-0.39, 0.29) is 0 Å². The van der Waals surface area contributed by atoms with Crippen molar-refractivity contribution >= 4 is 44.5 Å². The molecule has 19 heavy (non-hydrogen) atoms. The number of fused-ring (bicyclic) bond motifs is 1. The van der Waals surface area contributed by atoms with Gasteiger partial charge in [-0.1, -0.05) is 11.3 Å². The fraction of sp³-hybridized carbons (Fsp3) is 0.300. The molecule has 0 saturated heterocycles. The first-order valence-electron chi connectivity index (χ1n) is 5.52. The second kappa shape index (κ2) is 5.08. The Bertz CT molecular complexity index is 697. The van der Waals surface area contributed by atoms with Gasteiger partial charge in [0.25, 0.3) is 0 Å². The largest absolute Gasteiger partial charge is 0.353 e. The van der Waals surface area contributed by atoms with Gasteiger partial charge in [0.1, 0.15) is 5.03 Å². The fourth-order valence-electron chi connectivity index (χ4n) is 1.59. The lowest BCUT2D eigenvalue weighted by Gasteiger charge is -2.03. The van der Waals surface area contributed by atoms with E-state index in [1.165, 1.54) is 11.8 Å². The molecular formula is C10H12N6S3. The van der Waals surface area contributed by atoms with Gasteiger partial charge >= 0.3 is 0 Å². The molecule has 0 aromatic carbocycles. The van der Waals surface area contributed by atoms with Crippen LogP contribution in [0.4, 0.5) is 5.13 Å². The van der Waals surface area contributed by atoms with E-state index in [2.05, 4.69) is 15.2 Å². The van der Waals surface area contributed by atoms with E-state index in [1.807, 2.05) is 35.0 Å². The van der Waals surface area contributed by atoms with Crippen molar-refractivity contribution in [3.8, 4) is 0 Å². The molecule has 0 radical (unpaired) electrons. The highest BCUT2D eigenvalue weighted by Gasteiger charge is 2.15. The van der Waals surface area contributed by atoms with Crippen LogP contribution < -0.4 is 10.6 Å². The monoisotopic (exact) mass is 312 g/mol. The van der Waals surface area contributed by atoms with Crippen LogP contribution in [-0.2, 0) is 6.54 Å². The number of anilines is 1. The standard InChI is InChI=1S/C10H12N6S3/c1-15(2)9-13-14-10(19-9)18-7-6(5-11)16-3-4-17-8(16)12-7/h3-4H,5,11H2,1-2H3. The van der Waals surface area contributed by atoms with Crippen molar-refractivity contribution in [2.24, 2.45) is 5.73 Å². The van der Waals surface area contributed by atoms with Crippen molar-refractivity contribution in [2.75, 3.05) is 19.0 Å². The average Bonchev–Trinajstić information content (AvgIpc) is 3.04. The molecule has 3 rings (SSSR count). The van der Waals surface area contributed by atoms with Crippen LogP contribution in [0.3, 0.4) is 0 Å². The van der Waals surface area contributed by atoms with Gasteiger partial charge in [-0.15, -0.1) is 21.5 Å². The minimum absolute atomic E-state index is 0.458. The number of hydrogen-bond acceptors (Lipinski definition) is 8. The van der Waals surface area contributed by atoms with Crippen LogP contribution in [0.5, 0.6) is 0 Å². The molecule has 6 nitrogen and oxygen atoms in total. The van der Waals surface area contributed by atoms with Crippen LogP contribution in [-0.4, -0.2) is 33.7 Å². The maximum Gasteiger partial charge on any atom is 0.208 e. The van der Waals surface area contributed by atoms with Crippen molar-refractivity contribution < 1.29 is 0 Å². The van der Waals surface area contributed by atoms with Crippen molar-refractivity contribution in [1.29, 1.82) is 0 Å². The first-order chi connectivity index (χ1) is 9.19. The topological polar surface area (TPSA) is 72.3 Å². The summed E-state index contributed by atoms with van der Waals surface area (Å²) in [7, 11) is 3.90. The zero-order valence-electron chi connectivity index (χ0n) is 10.4. The van der Waals surface area contributed by atoms with Gasteiger partial charge in [-0.2, -0.15) is 0 Å². The zero-order chi connectivity index (χ0) is 13.4. The van der Waals surface area contributed by atoms with Gasteiger partial charge < -0.3 is 10.6 Å². The number of nitrogens with two attached hydrogens (primary N) is 1. The summed E-state index contributed by atoms with van der Waals surface area (Å²) < 4.78 is 2.91. The molecule has 3 heterocycles. The summed E-state index contributed by atoms with van der Waals surface area (Å²) in [5.41, 5.74) is 6.83. The lowest BCUT2D eigenvalue weighted by atomic mass is 10.5. The SMILES string of the molecule is CN(C)c1nnc(Sc2nc3sccn3c2CN)s1. The average molecular weight is 312 g/mol. The molecule has 0 aliphatic rings. The molecule has 0 aliphatic heterocycles. The molecule has 3 aromatic rings. The van der Waals surface area contributed by atoms with E-state index in [1.54, 1.807) is 22.7 Å². The molecule has 2 N–H and O–H groups in total. The Hall–Kier alpha value is -1.16. The second-order valence-electron chi connectivity index (χ2n) is 3.97. The summed E-state index contributed by atoms with van der Waals surface area (Å²) >= 11 is 4.67. The molecule has 0 unspecified atom stereocenters. The molecule has 0 saturated carbocycles. The van der Waals surface area contributed by atoms with Gasteiger partial charge in [-0.05, 0) is 11.8 Å². The molecule has 9 heteroatoms. The van der Waals surface area contributed by atoms with Gasteiger partial charge in [0.2, 0.25) is 5.13 Å². The van der Waals surface area contributed by atoms with E-state index < -0.39 is 0 Å². The second-order valence-corrected chi connectivity index (χ2v) is 7.04. The molecule has 0 atom stereocenters. The summed E-state index contributed by atoms with van der Waals surface area (Å²) in [4.78, 5) is 7.48. The quantitative estimate of drug-likeness (QED) is 0.793. The normalized spacial score (nSPS) is 11.3. The summed E-state index contributed by atoms with van der Waals surface area (Å²) in [6, 6.07) is 0.